The number of carbonyl (C=O) groups is 1. The van der Waals surface area contributed by atoms with Crippen LogP contribution < -0.4 is 11.2 Å². The summed E-state index contributed by atoms with van der Waals surface area (Å²) < 4.78 is 6.38. The van der Waals surface area contributed by atoms with Crippen molar-refractivity contribution in [2.45, 2.75) is 0 Å². The molecule has 0 bridgehead atoms. The molecule has 0 spiro atoms. The zero-order chi connectivity index (χ0) is 15.1. The molecule has 2 heterocycles. The summed E-state index contributed by atoms with van der Waals surface area (Å²) in [6.07, 6.45) is 0. The number of benzene rings is 1. The number of ether oxygens (including phenoxy) is 1. The van der Waals surface area contributed by atoms with Crippen LogP contribution in [0.15, 0.2) is 33.9 Å². The number of hydrogen-bond acceptors (Lipinski definition) is 5. The zero-order valence-corrected chi connectivity index (χ0v) is 11.3. The molecule has 7 nitrogen and oxygen atoms in total. The smallest absolute Gasteiger partial charge is 0.349 e. The number of rotatable bonds is 1. The van der Waals surface area contributed by atoms with Crippen LogP contribution in [0.2, 0.25) is 0 Å². The zero-order valence-electron chi connectivity index (χ0n) is 11.3. The first-order valence-corrected chi connectivity index (χ1v) is 6.14. The van der Waals surface area contributed by atoms with Crippen LogP contribution in [0, 0.1) is 0 Å². The fraction of sp³-hybridized carbons (Fsp3) is 0.143. The highest BCUT2D eigenvalue weighted by atomic mass is 16.5. The summed E-state index contributed by atoms with van der Waals surface area (Å²) in [5.41, 5.74) is -0.596. The van der Waals surface area contributed by atoms with Gasteiger partial charge in [0.2, 0.25) is 0 Å². The summed E-state index contributed by atoms with van der Waals surface area (Å²) in [7, 11) is 2.91. The van der Waals surface area contributed by atoms with Gasteiger partial charge in [0.15, 0.2) is 5.82 Å². The number of nitrogens with zero attached hydrogens (tertiary/aromatic N) is 2. The van der Waals surface area contributed by atoms with Gasteiger partial charge >= 0.3 is 11.7 Å². The Kier molecular flexibility index (Phi) is 2.83. The third-order valence-electron chi connectivity index (χ3n) is 3.37. The van der Waals surface area contributed by atoms with E-state index in [2.05, 4.69) is 9.97 Å². The van der Waals surface area contributed by atoms with Crippen LogP contribution in [-0.4, -0.2) is 27.6 Å². The highest BCUT2D eigenvalue weighted by Crippen LogP contribution is 2.28. The van der Waals surface area contributed by atoms with Crippen molar-refractivity contribution in [2.75, 3.05) is 7.11 Å². The second kappa shape index (κ2) is 4.55. The molecular formula is C14H11N3O4. The average Bonchev–Trinajstić information content (AvgIpc) is 2.48. The monoisotopic (exact) mass is 285 g/mol. The largest absolute Gasteiger partial charge is 0.465 e. The first-order valence-electron chi connectivity index (χ1n) is 6.14. The van der Waals surface area contributed by atoms with E-state index in [0.717, 1.165) is 0 Å². The van der Waals surface area contributed by atoms with Crippen molar-refractivity contribution < 1.29 is 9.53 Å². The van der Waals surface area contributed by atoms with Crippen molar-refractivity contribution in [3.63, 3.8) is 0 Å². The molecule has 0 radical (unpaired) electrons. The van der Waals surface area contributed by atoms with E-state index in [0.29, 0.717) is 10.9 Å². The summed E-state index contributed by atoms with van der Waals surface area (Å²) in [6.45, 7) is 0. The molecule has 0 aromatic heterocycles. The molecule has 1 aromatic carbocycles. The van der Waals surface area contributed by atoms with Gasteiger partial charge in [-0.05, 0) is 6.07 Å². The Morgan fingerprint density at radius 3 is 2.71 bits per heavy atom. The molecule has 0 atom stereocenters. The van der Waals surface area contributed by atoms with Gasteiger partial charge in [-0.2, -0.15) is 4.98 Å². The van der Waals surface area contributed by atoms with E-state index in [1.165, 1.54) is 7.11 Å². The van der Waals surface area contributed by atoms with Gasteiger partial charge in [-0.3, -0.25) is 9.78 Å². The van der Waals surface area contributed by atoms with Gasteiger partial charge < -0.3 is 9.30 Å². The predicted molar refractivity (Wildman–Crippen MR) is 75.6 cm³/mol. The van der Waals surface area contributed by atoms with Crippen LogP contribution in [0.25, 0.3) is 22.3 Å². The number of fused-ring (bicyclic) bond motifs is 2. The number of carbonyl (C=O) groups excluding carboxylic acids is 1. The molecule has 0 amide bonds. The highest BCUT2D eigenvalue weighted by Gasteiger charge is 2.25. The summed E-state index contributed by atoms with van der Waals surface area (Å²) in [5.74, 6) is -0.509. The molecule has 2 aliphatic heterocycles. The molecule has 21 heavy (non-hydrogen) atoms. The summed E-state index contributed by atoms with van der Waals surface area (Å²) in [5, 5.41) is 0.560. The van der Waals surface area contributed by atoms with Gasteiger partial charge in [-0.25, -0.2) is 9.59 Å². The van der Waals surface area contributed by atoms with Gasteiger partial charge in [0.1, 0.15) is 0 Å². The highest BCUT2D eigenvalue weighted by molar-refractivity contribution is 6.09. The standard InChI is InChI=1S/C14H11N3O4/c1-17-8-6-4-3-5-7(8)9(13(19)21-2)10-11(17)15-14(20)16-12(10)18/h3-6H,1-2H3,(H,16,18,20). The molecule has 106 valence electrons. The molecule has 0 saturated heterocycles. The lowest BCUT2D eigenvalue weighted by atomic mass is 10.0. The minimum absolute atomic E-state index is 0.0441. The van der Waals surface area contributed by atoms with Crippen LogP contribution in [-0.2, 0) is 11.8 Å². The Labute approximate surface area is 118 Å². The van der Waals surface area contributed by atoms with Gasteiger partial charge in [0, 0.05) is 12.4 Å². The first-order chi connectivity index (χ1) is 10.0. The Morgan fingerprint density at radius 2 is 2.00 bits per heavy atom. The van der Waals surface area contributed by atoms with Gasteiger partial charge in [-0.15, -0.1) is 0 Å². The first kappa shape index (κ1) is 13.0. The SMILES string of the molecule is COC(=O)c1c2c(=O)[nH]c(=O)nc-2n(C)c2ccccc12. The number of para-hydroxylation sites is 1. The third-order valence-corrected chi connectivity index (χ3v) is 3.37. The maximum absolute atomic E-state index is 12.1. The second-order valence-corrected chi connectivity index (χ2v) is 4.51. The van der Waals surface area contributed by atoms with E-state index in [-0.39, 0.29) is 17.0 Å². The van der Waals surface area contributed by atoms with E-state index >= 15 is 0 Å². The van der Waals surface area contributed by atoms with E-state index < -0.39 is 17.2 Å². The number of aromatic nitrogens is 3. The maximum Gasteiger partial charge on any atom is 0.349 e. The Morgan fingerprint density at radius 1 is 1.29 bits per heavy atom. The lowest BCUT2D eigenvalue weighted by Gasteiger charge is -2.17. The number of esters is 1. The van der Waals surface area contributed by atoms with Gasteiger partial charge in [-0.1, -0.05) is 18.2 Å². The summed E-state index contributed by atoms with van der Waals surface area (Å²) in [6, 6.07) is 7.03. The topological polar surface area (TPSA) is 94.1 Å². The molecular weight excluding hydrogens is 274 g/mol. The predicted octanol–water partition coefficient (Wildman–Crippen LogP) is 0.513. The lowest BCUT2D eigenvalue weighted by Crippen LogP contribution is -2.29. The number of aryl methyl sites for hydroxylation is 1. The molecule has 1 aromatic rings. The fourth-order valence-electron chi connectivity index (χ4n) is 2.45. The van der Waals surface area contributed by atoms with Crippen molar-refractivity contribution in [1.82, 2.24) is 14.5 Å². The lowest BCUT2D eigenvalue weighted by molar-refractivity contribution is 0.0603. The van der Waals surface area contributed by atoms with Crippen LogP contribution in [0.1, 0.15) is 10.4 Å². The number of nitrogens with one attached hydrogen (secondary N) is 1. The van der Waals surface area contributed by atoms with Crippen LogP contribution in [0.4, 0.5) is 0 Å². The second-order valence-electron chi connectivity index (χ2n) is 4.51. The van der Waals surface area contributed by atoms with Gasteiger partial charge in [0.25, 0.3) is 5.56 Å². The van der Waals surface area contributed by atoms with E-state index in [1.807, 2.05) is 0 Å². The Balaban J connectivity index is 2.68. The fourth-order valence-corrected chi connectivity index (χ4v) is 2.45. The molecule has 1 N–H and O–H groups in total. The number of hydrogen-bond donors (Lipinski definition) is 1. The molecule has 0 fully saturated rings. The molecule has 0 saturated carbocycles. The molecule has 0 aliphatic carbocycles. The minimum atomic E-state index is -0.755. The number of pyridine rings is 1. The maximum atomic E-state index is 12.1. The molecule has 7 heteroatoms. The van der Waals surface area contributed by atoms with Gasteiger partial charge in [0.05, 0.1) is 23.8 Å². The molecule has 3 rings (SSSR count). The van der Waals surface area contributed by atoms with Crippen molar-refractivity contribution in [3.8, 4) is 11.4 Å². The Hall–Kier alpha value is -2.96. The third kappa shape index (κ3) is 1.82. The molecule has 0 unspecified atom stereocenters. The Bertz CT molecular complexity index is 955. The van der Waals surface area contributed by atoms with E-state index in [9.17, 15) is 14.4 Å². The number of methoxy groups -OCH3 is 1. The van der Waals surface area contributed by atoms with Crippen LogP contribution in [0.5, 0.6) is 0 Å². The summed E-state index contributed by atoms with van der Waals surface area (Å²) >= 11 is 0. The number of H-pyrrole nitrogens is 1. The summed E-state index contributed by atoms with van der Waals surface area (Å²) in [4.78, 5) is 41.6. The number of aromatic amines is 1. The van der Waals surface area contributed by atoms with Crippen molar-refractivity contribution in [1.29, 1.82) is 0 Å². The van der Waals surface area contributed by atoms with E-state index in [1.54, 1.807) is 35.9 Å². The minimum Gasteiger partial charge on any atom is -0.465 e. The van der Waals surface area contributed by atoms with Crippen molar-refractivity contribution in [2.24, 2.45) is 7.05 Å². The van der Waals surface area contributed by atoms with Crippen LogP contribution >= 0.6 is 0 Å². The quantitative estimate of drug-likeness (QED) is 0.519. The van der Waals surface area contributed by atoms with Crippen molar-refractivity contribution in [3.05, 3.63) is 50.7 Å². The molecule has 2 aliphatic rings. The van der Waals surface area contributed by atoms with E-state index in [4.69, 9.17) is 4.74 Å². The normalized spacial score (nSPS) is 11.0. The van der Waals surface area contributed by atoms with Crippen molar-refractivity contribution >= 4 is 16.9 Å². The average molecular weight is 285 g/mol. The van der Waals surface area contributed by atoms with Crippen LogP contribution in [0.3, 0.4) is 0 Å².